The van der Waals surface area contributed by atoms with E-state index in [0.29, 0.717) is 11.4 Å². The maximum absolute atomic E-state index is 10.6. The minimum Gasteiger partial charge on any atom is -0.394 e. The van der Waals surface area contributed by atoms with E-state index in [1.165, 1.54) is 5.56 Å². The average molecular weight is 391 g/mol. The zero-order chi connectivity index (χ0) is 19.6. The Kier molecular flexibility index (Phi) is 6.24. The molecule has 4 nitrogen and oxygen atoms in total. The number of rotatable bonds is 5. The minimum atomic E-state index is -1.11. The topological polar surface area (TPSA) is 69.9 Å². The first-order valence-electron chi connectivity index (χ1n) is 9.39. The molecular formula is C22H27ClO4. The molecule has 5 heteroatoms. The van der Waals surface area contributed by atoms with Gasteiger partial charge >= 0.3 is 0 Å². The van der Waals surface area contributed by atoms with Crippen LogP contribution in [0.3, 0.4) is 0 Å². The third-order valence-corrected chi connectivity index (χ3v) is 5.86. The number of aliphatic hydroxyl groups excluding tert-OH is 3. The molecule has 1 aliphatic rings. The molecule has 0 saturated carbocycles. The number of aryl methyl sites for hydroxylation is 1. The number of hydrogen-bond acceptors (Lipinski definition) is 4. The van der Waals surface area contributed by atoms with E-state index in [-0.39, 0.29) is 13.0 Å². The van der Waals surface area contributed by atoms with Crippen LogP contribution in [-0.2, 0) is 23.2 Å². The zero-order valence-electron chi connectivity index (χ0n) is 15.7. The number of ether oxygens (including phenoxy) is 1. The largest absolute Gasteiger partial charge is 0.394 e. The molecule has 3 rings (SSSR count). The van der Waals surface area contributed by atoms with Crippen LogP contribution in [0.2, 0.25) is 5.02 Å². The molecular weight excluding hydrogens is 364 g/mol. The van der Waals surface area contributed by atoms with Crippen molar-refractivity contribution in [3.8, 4) is 0 Å². The lowest BCUT2D eigenvalue weighted by atomic mass is 9.81. The molecule has 0 aliphatic carbocycles. The summed E-state index contributed by atoms with van der Waals surface area (Å²) in [7, 11) is 0. The zero-order valence-corrected chi connectivity index (χ0v) is 16.5. The third-order valence-electron chi connectivity index (χ3n) is 5.49. The van der Waals surface area contributed by atoms with Crippen molar-refractivity contribution in [2.24, 2.45) is 0 Å². The van der Waals surface area contributed by atoms with Crippen LogP contribution in [0.15, 0.2) is 42.5 Å². The van der Waals surface area contributed by atoms with Crippen molar-refractivity contribution < 1.29 is 20.1 Å². The first-order valence-corrected chi connectivity index (χ1v) is 9.76. The van der Waals surface area contributed by atoms with Crippen LogP contribution in [0.4, 0.5) is 0 Å². The van der Waals surface area contributed by atoms with Gasteiger partial charge in [0, 0.05) is 11.4 Å². The Labute approximate surface area is 165 Å². The second kappa shape index (κ2) is 8.29. The molecule has 4 atom stereocenters. The number of halogens is 1. The van der Waals surface area contributed by atoms with Crippen molar-refractivity contribution in [3.05, 3.63) is 69.7 Å². The fourth-order valence-corrected chi connectivity index (χ4v) is 3.90. The lowest BCUT2D eigenvalue weighted by Gasteiger charge is -2.45. The molecule has 0 spiro atoms. The summed E-state index contributed by atoms with van der Waals surface area (Å²) in [6.45, 7) is 3.66. The van der Waals surface area contributed by atoms with E-state index in [1.807, 2.05) is 12.1 Å². The van der Waals surface area contributed by atoms with E-state index in [1.54, 1.807) is 13.0 Å². The van der Waals surface area contributed by atoms with Crippen molar-refractivity contribution in [2.75, 3.05) is 6.61 Å². The van der Waals surface area contributed by atoms with Gasteiger partial charge in [0.2, 0.25) is 0 Å². The summed E-state index contributed by atoms with van der Waals surface area (Å²) in [4.78, 5) is 0. The van der Waals surface area contributed by atoms with Gasteiger partial charge in [-0.15, -0.1) is 0 Å². The Bertz CT molecular complexity index is 776. The predicted octanol–water partition coefficient (Wildman–Crippen LogP) is 3.21. The summed E-state index contributed by atoms with van der Waals surface area (Å²) < 4.78 is 5.96. The number of hydrogen-bond donors (Lipinski definition) is 3. The first kappa shape index (κ1) is 20.3. The molecule has 27 heavy (non-hydrogen) atoms. The highest BCUT2D eigenvalue weighted by Gasteiger charge is 2.46. The third kappa shape index (κ3) is 4.20. The van der Waals surface area contributed by atoms with Gasteiger partial charge in [-0.25, -0.2) is 0 Å². The smallest absolute Gasteiger partial charge is 0.119 e. The molecule has 0 amide bonds. The van der Waals surface area contributed by atoms with Gasteiger partial charge in [-0.05, 0) is 48.1 Å². The van der Waals surface area contributed by atoms with Gasteiger partial charge in [-0.3, -0.25) is 0 Å². The minimum absolute atomic E-state index is 0.205. The monoisotopic (exact) mass is 390 g/mol. The van der Waals surface area contributed by atoms with Gasteiger partial charge in [0.15, 0.2) is 0 Å². The van der Waals surface area contributed by atoms with Crippen LogP contribution in [0.1, 0.15) is 42.5 Å². The van der Waals surface area contributed by atoms with Crippen LogP contribution in [0, 0.1) is 0 Å². The van der Waals surface area contributed by atoms with Gasteiger partial charge < -0.3 is 20.1 Å². The highest BCUT2D eigenvalue weighted by Crippen LogP contribution is 2.39. The molecule has 0 bridgehead atoms. The van der Waals surface area contributed by atoms with Crippen molar-refractivity contribution in [2.45, 2.75) is 57.0 Å². The lowest BCUT2D eigenvalue weighted by Crippen LogP contribution is -2.55. The van der Waals surface area contributed by atoms with E-state index in [0.717, 1.165) is 23.1 Å². The van der Waals surface area contributed by atoms with E-state index < -0.39 is 23.9 Å². The summed E-state index contributed by atoms with van der Waals surface area (Å²) in [6.07, 6.45) is -0.695. The van der Waals surface area contributed by atoms with Crippen molar-refractivity contribution in [1.29, 1.82) is 0 Å². The second-order valence-corrected chi connectivity index (χ2v) is 7.84. The summed E-state index contributed by atoms with van der Waals surface area (Å²) in [5, 5.41) is 30.9. The number of benzene rings is 2. The fourth-order valence-electron chi connectivity index (χ4n) is 3.71. The van der Waals surface area contributed by atoms with Crippen LogP contribution in [-0.4, -0.2) is 40.2 Å². The molecule has 1 fully saturated rings. The van der Waals surface area contributed by atoms with Crippen LogP contribution in [0.5, 0.6) is 0 Å². The van der Waals surface area contributed by atoms with E-state index >= 15 is 0 Å². The molecule has 3 N–H and O–H groups in total. The van der Waals surface area contributed by atoms with E-state index in [4.69, 9.17) is 16.3 Å². The molecule has 0 radical (unpaired) electrons. The van der Waals surface area contributed by atoms with Gasteiger partial charge in [-0.1, -0.05) is 54.9 Å². The first-order chi connectivity index (χ1) is 12.9. The quantitative estimate of drug-likeness (QED) is 0.733. The van der Waals surface area contributed by atoms with Crippen molar-refractivity contribution in [1.82, 2.24) is 0 Å². The Morgan fingerprint density at radius 1 is 1.11 bits per heavy atom. The lowest BCUT2D eigenvalue weighted by molar-refractivity contribution is -0.232. The normalized spacial score (nSPS) is 28.3. The van der Waals surface area contributed by atoms with Gasteiger partial charge in [0.1, 0.15) is 11.7 Å². The molecule has 1 saturated heterocycles. The molecule has 2 aromatic carbocycles. The molecule has 2 aromatic rings. The Morgan fingerprint density at radius 3 is 2.41 bits per heavy atom. The Morgan fingerprint density at radius 2 is 1.78 bits per heavy atom. The summed E-state index contributed by atoms with van der Waals surface area (Å²) in [5.41, 5.74) is 2.98. The van der Waals surface area contributed by atoms with Crippen molar-refractivity contribution in [3.63, 3.8) is 0 Å². The Hall–Kier alpha value is -1.43. The predicted molar refractivity (Wildman–Crippen MR) is 106 cm³/mol. The van der Waals surface area contributed by atoms with Gasteiger partial charge in [-0.2, -0.15) is 0 Å². The van der Waals surface area contributed by atoms with Crippen molar-refractivity contribution >= 4 is 11.6 Å². The van der Waals surface area contributed by atoms with E-state index in [2.05, 4.69) is 31.2 Å². The maximum atomic E-state index is 10.6. The fraction of sp³-hybridized carbons (Fsp3) is 0.455. The summed E-state index contributed by atoms with van der Waals surface area (Å²) in [6, 6.07) is 14.0. The number of aliphatic hydroxyl groups is 3. The van der Waals surface area contributed by atoms with Crippen LogP contribution in [0.25, 0.3) is 0 Å². The standard InChI is InChI=1S/C22H27ClO4/c1-3-14-4-6-15(7-5-14)10-16-11-17(8-9-19(16)23)22(2)21(26)20(25)12-18(13-24)27-22/h4-9,11,18,20-21,24-26H,3,10,12-13H2,1-2H3/t18-,20+,21-,22-/m1/s1. The molecule has 1 heterocycles. The molecule has 0 unspecified atom stereocenters. The molecule has 146 valence electrons. The summed E-state index contributed by atoms with van der Waals surface area (Å²) >= 11 is 6.42. The van der Waals surface area contributed by atoms with Gasteiger partial charge in [0.25, 0.3) is 0 Å². The highest BCUT2D eigenvalue weighted by molar-refractivity contribution is 6.31. The van der Waals surface area contributed by atoms with Gasteiger partial charge in [0.05, 0.1) is 18.8 Å². The molecule has 1 aliphatic heterocycles. The highest BCUT2D eigenvalue weighted by atomic mass is 35.5. The summed E-state index contributed by atoms with van der Waals surface area (Å²) in [5.74, 6) is 0. The Balaban J connectivity index is 1.91. The van der Waals surface area contributed by atoms with Crippen LogP contribution >= 0.6 is 11.6 Å². The second-order valence-electron chi connectivity index (χ2n) is 7.43. The SMILES string of the molecule is CCc1ccc(Cc2cc([C@@]3(C)O[C@@H](CO)C[C@H](O)[C@H]3O)ccc2Cl)cc1. The average Bonchev–Trinajstić information content (AvgIpc) is 2.68. The molecule has 0 aromatic heterocycles. The maximum Gasteiger partial charge on any atom is 0.119 e. The van der Waals surface area contributed by atoms with Crippen LogP contribution < -0.4 is 0 Å². The van der Waals surface area contributed by atoms with E-state index in [9.17, 15) is 15.3 Å².